The molecule has 25 heavy (non-hydrogen) atoms. The number of para-hydroxylation sites is 1. The third kappa shape index (κ3) is 3.76. The van der Waals surface area contributed by atoms with Crippen molar-refractivity contribution in [2.75, 3.05) is 16.8 Å². The van der Waals surface area contributed by atoms with Gasteiger partial charge in [-0.25, -0.2) is 0 Å². The van der Waals surface area contributed by atoms with Crippen molar-refractivity contribution in [3.63, 3.8) is 0 Å². The summed E-state index contributed by atoms with van der Waals surface area (Å²) in [5, 5.41) is 2.78. The summed E-state index contributed by atoms with van der Waals surface area (Å²) >= 11 is 0. The molecule has 0 spiro atoms. The highest BCUT2D eigenvalue weighted by Gasteiger charge is 2.20. The largest absolute Gasteiger partial charge is 0.321 e. The maximum Gasteiger partial charge on any atom is 0.255 e. The fraction of sp³-hybridized carbons (Fsp3) is 0.250. The molecule has 0 aliphatic carbocycles. The summed E-state index contributed by atoms with van der Waals surface area (Å²) in [4.78, 5) is 37.8. The van der Waals surface area contributed by atoms with Crippen molar-refractivity contribution in [1.29, 1.82) is 0 Å². The van der Waals surface area contributed by atoms with E-state index < -0.39 is 0 Å². The number of amides is 2. The maximum atomic E-state index is 12.4. The monoisotopic (exact) mass is 336 g/mol. The zero-order chi connectivity index (χ0) is 17.8. The topological polar surface area (TPSA) is 66.5 Å². The Balaban J connectivity index is 1.75. The van der Waals surface area contributed by atoms with Gasteiger partial charge in [-0.05, 0) is 56.2 Å². The average molecular weight is 336 g/mol. The lowest BCUT2D eigenvalue weighted by atomic mass is 10.1. The van der Waals surface area contributed by atoms with Crippen LogP contribution in [0.4, 0.5) is 11.4 Å². The van der Waals surface area contributed by atoms with E-state index in [-0.39, 0.29) is 17.6 Å². The minimum atomic E-state index is -0.287. The van der Waals surface area contributed by atoms with E-state index in [0.717, 1.165) is 25.1 Å². The van der Waals surface area contributed by atoms with Crippen molar-refractivity contribution in [2.45, 2.75) is 26.2 Å². The first-order valence-corrected chi connectivity index (χ1v) is 8.38. The first kappa shape index (κ1) is 16.9. The van der Waals surface area contributed by atoms with E-state index in [1.54, 1.807) is 53.4 Å². The number of anilines is 2. The van der Waals surface area contributed by atoms with Gasteiger partial charge in [0.25, 0.3) is 5.91 Å². The standard InChI is InChI=1S/C20H20N2O3/c1-14(23)17-6-2-3-7-18(17)21-20(25)15-9-11-16(12-10-15)22-13-5-4-8-19(22)24/h2-3,6-7,9-12H,4-5,8,13H2,1H3,(H,21,25). The summed E-state index contributed by atoms with van der Waals surface area (Å²) in [6.45, 7) is 2.19. The van der Waals surface area contributed by atoms with Crippen LogP contribution in [0, 0.1) is 0 Å². The highest BCUT2D eigenvalue weighted by Crippen LogP contribution is 2.22. The zero-order valence-corrected chi connectivity index (χ0v) is 14.1. The van der Waals surface area contributed by atoms with E-state index in [0.29, 0.717) is 23.2 Å². The average Bonchev–Trinajstić information content (AvgIpc) is 2.62. The summed E-state index contributed by atoms with van der Waals surface area (Å²) in [6.07, 6.45) is 2.51. The number of nitrogens with one attached hydrogen (secondary N) is 1. The van der Waals surface area contributed by atoms with Crippen LogP contribution in [0.25, 0.3) is 0 Å². The molecular formula is C20H20N2O3. The fourth-order valence-electron chi connectivity index (χ4n) is 2.97. The van der Waals surface area contributed by atoms with Gasteiger partial charge in [-0.1, -0.05) is 12.1 Å². The maximum absolute atomic E-state index is 12.4. The summed E-state index contributed by atoms with van der Waals surface area (Å²) in [7, 11) is 0. The van der Waals surface area contributed by atoms with Crippen molar-refractivity contribution in [3.8, 4) is 0 Å². The van der Waals surface area contributed by atoms with Gasteiger partial charge in [-0.2, -0.15) is 0 Å². The van der Waals surface area contributed by atoms with Crippen LogP contribution >= 0.6 is 0 Å². The van der Waals surface area contributed by atoms with Crippen molar-refractivity contribution >= 4 is 29.0 Å². The van der Waals surface area contributed by atoms with Gasteiger partial charge < -0.3 is 10.2 Å². The second kappa shape index (κ2) is 7.30. The molecule has 5 nitrogen and oxygen atoms in total. The molecular weight excluding hydrogens is 316 g/mol. The number of piperidine rings is 1. The second-order valence-corrected chi connectivity index (χ2v) is 6.11. The highest BCUT2D eigenvalue weighted by atomic mass is 16.2. The summed E-state index contributed by atoms with van der Waals surface area (Å²) < 4.78 is 0. The summed E-state index contributed by atoms with van der Waals surface area (Å²) in [6, 6.07) is 13.9. The summed E-state index contributed by atoms with van der Waals surface area (Å²) in [5.41, 5.74) is 2.26. The van der Waals surface area contributed by atoms with Gasteiger partial charge in [-0.3, -0.25) is 14.4 Å². The van der Waals surface area contributed by atoms with Crippen LogP contribution in [0.3, 0.4) is 0 Å². The van der Waals surface area contributed by atoms with Gasteiger partial charge in [0.2, 0.25) is 5.91 Å². The van der Waals surface area contributed by atoms with Crippen LogP contribution in [0.1, 0.15) is 46.9 Å². The Labute approximate surface area is 146 Å². The molecule has 128 valence electrons. The minimum Gasteiger partial charge on any atom is -0.321 e. The first-order valence-electron chi connectivity index (χ1n) is 8.38. The third-order valence-electron chi connectivity index (χ3n) is 4.32. The number of hydrogen-bond acceptors (Lipinski definition) is 3. The van der Waals surface area contributed by atoms with Gasteiger partial charge in [0.05, 0.1) is 5.69 Å². The quantitative estimate of drug-likeness (QED) is 0.867. The lowest BCUT2D eigenvalue weighted by molar-refractivity contribution is -0.119. The van der Waals surface area contributed by atoms with E-state index >= 15 is 0 Å². The number of benzene rings is 2. The first-order chi connectivity index (χ1) is 12.1. The van der Waals surface area contributed by atoms with Crippen LogP contribution in [0.15, 0.2) is 48.5 Å². The zero-order valence-electron chi connectivity index (χ0n) is 14.1. The molecule has 1 aliphatic rings. The Bertz CT molecular complexity index is 812. The number of nitrogens with zero attached hydrogens (tertiary/aromatic N) is 1. The lowest BCUT2D eigenvalue weighted by Gasteiger charge is -2.26. The van der Waals surface area contributed by atoms with Gasteiger partial charge >= 0.3 is 0 Å². The third-order valence-corrected chi connectivity index (χ3v) is 4.32. The summed E-state index contributed by atoms with van der Waals surface area (Å²) in [5.74, 6) is -0.265. The number of Topliss-reactive ketones (excluding diaryl/α,β-unsaturated/α-hetero) is 1. The van der Waals surface area contributed by atoms with E-state index in [1.807, 2.05) is 0 Å². The Morgan fingerprint density at radius 1 is 1.00 bits per heavy atom. The minimum absolute atomic E-state index is 0.102. The number of ketones is 1. The van der Waals surface area contributed by atoms with E-state index in [2.05, 4.69) is 5.32 Å². The van der Waals surface area contributed by atoms with Gasteiger partial charge in [0.1, 0.15) is 0 Å². The molecule has 2 aromatic carbocycles. The SMILES string of the molecule is CC(=O)c1ccccc1NC(=O)c1ccc(N2CCCCC2=O)cc1. The highest BCUT2D eigenvalue weighted by molar-refractivity contribution is 6.09. The lowest BCUT2D eigenvalue weighted by Crippen LogP contribution is -2.35. The van der Waals surface area contributed by atoms with Crippen LogP contribution in [-0.2, 0) is 4.79 Å². The molecule has 2 amide bonds. The molecule has 3 rings (SSSR count). The normalized spacial score (nSPS) is 14.3. The smallest absolute Gasteiger partial charge is 0.255 e. The van der Waals surface area contributed by atoms with E-state index in [9.17, 15) is 14.4 Å². The Hall–Kier alpha value is -2.95. The molecule has 0 unspecified atom stereocenters. The molecule has 0 atom stereocenters. The number of hydrogen-bond donors (Lipinski definition) is 1. The van der Waals surface area contributed by atoms with Crippen LogP contribution in [0.5, 0.6) is 0 Å². The predicted octanol–water partition coefficient (Wildman–Crippen LogP) is 3.66. The molecule has 1 aliphatic heterocycles. The van der Waals surface area contributed by atoms with Crippen molar-refractivity contribution in [3.05, 3.63) is 59.7 Å². The molecule has 2 aromatic rings. The fourth-order valence-corrected chi connectivity index (χ4v) is 2.97. The second-order valence-electron chi connectivity index (χ2n) is 6.11. The van der Waals surface area contributed by atoms with Crippen molar-refractivity contribution in [1.82, 2.24) is 0 Å². The molecule has 0 aromatic heterocycles. The van der Waals surface area contributed by atoms with Crippen molar-refractivity contribution < 1.29 is 14.4 Å². The van der Waals surface area contributed by atoms with E-state index in [4.69, 9.17) is 0 Å². The van der Waals surface area contributed by atoms with Gasteiger partial charge in [-0.15, -0.1) is 0 Å². The molecule has 0 radical (unpaired) electrons. The Morgan fingerprint density at radius 2 is 1.72 bits per heavy atom. The van der Waals surface area contributed by atoms with Gasteiger partial charge in [0, 0.05) is 29.8 Å². The van der Waals surface area contributed by atoms with Crippen LogP contribution < -0.4 is 10.2 Å². The predicted molar refractivity (Wildman–Crippen MR) is 97.0 cm³/mol. The number of rotatable bonds is 4. The molecule has 1 fully saturated rings. The Kier molecular flexibility index (Phi) is 4.93. The van der Waals surface area contributed by atoms with Crippen LogP contribution in [-0.4, -0.2) is 24.1 Å². The molecule has 0 bridgehead atoms. The molecule has 1 N–H and O–H groups in total. The van der Waals surface area contributed by atoms with Crippen molar-refractivity contribution in [2.24, 2.45) is 0 Å². The number of carbonyl (C=O) groups excluding carboxylic acids is 3. The van der Waals surface area contributed by atoms with E-state index in [1.165, 1.54) is 6.92 Å². The van der Waals surface area contributed by atoms with Gasteiger partial charge in [0.15, 0.2) is 5.78 Å². The molecule has 1 heterocycles. The van der Waals surface area contributed by atoms with Crippen LogP contribution in [0.2, 0.25) is 0 Å². The number of carbonyl (C=O) groups is 3. The molecule has 0 saturated carbocycles. The molecule has 5 heteroatoms. The Morgan fingerprint density at radius 3 is 2.40 bits per heavy atom. The molecule has 1 saturated heterocycles.